The number of amides is 2. The van der Waals surface area contributed by atoms with Crippen LogP contribution in [0.2, 0.25) is 0 Å². The van der Waals surface area contributed by atoms with E-state index >= 15 is 0 Å². The number of rotatable bonds is 7. The molecule has 4 rings (SSSR count). The first-order chi connectivity index (χ1) is 16.4. The van der Waals surface area contributed by atoms with Crippen LogP contribution in [0.4, 0.5) is 5.13 Å². The lowest BCUT2D eigenvalue weighted by molar-refractivity contribution is -0.126. The molecule has 1 N–H and O–H groups in total. The number of nitrogens with zero attached hydrogens (tertiary/aromatic N) is 3. The van der Waals surface area contributed by atoms with Crippen LogP contribution in [0.15, 0.2) is 28.8 Å². The number of carbonyl (C=O) groups excluding carboxylic acids is 2. The van der Waals surface area contributed by atoms with Crippen LogP contribution in [0.1, 0.15) is 32.4 Å². The van der Waals surface area contributed by atoms with E-state index < -0.39 is 0 Å². The Hall–Kier alpha value is -3.86. The summed E-state index contributed by atoms with van der Waals surface area (Å²) < 4.78 is 21.0. The van der Waals surface area contributed by atoms with Crippen molar-refractivity contribution in [3.8, 4) is 17.2 Å². The molecule has 2 aromatic heterocycles. The Kier molecular flexibility index (Phi) is 6.82. The summed E-state index contributed by atoms with van der Waals surface area (Å²) in [6, 6.07) is 5.10. The van der Waals surface area contributed by atoms with Crippen molar-refractivity contribution in [1.29, 1.82) is 0 Å². The smallest absolute Gasteiger partial charge is 0.279 e. The molecule has 0 unspecified atom stereocenters. The highest BCUT2D eigenvalue weighted by Gasteiger charge is 2.24. The zero-order chi connectivity index (χ0) is 24.2. The molecule has 0 aliphatic carbocycles. The van der Waals surface area contributed by atoms with E-state index in [9.17, 15) is 9.59 Å². The third kappa shape index (κ3) is 4.88. The molecule has 10 nitrogen and oxygen atoms in total. The maximum atomic E-state index is 12.8. The predicted molar refractivity (Wildman–Crippen MR) is 126 cm³/mol. The van der Waals surface area contributed by atoms with Gasteiger partial charge >= 0.3 is 0 Å². The van der Waals surface area contributed by atoms with Crippen LogP contribution in [0.5, 0.6) is 17.2 Å². The molecular formula is C23H24N4O6S. The number of aryl methyl sites for hydroxylation is 1. The molecule has 0 spiro atoms. The maximum absolute atomic E-state index is 12.8. The second kappa shape index (κ2) is 9.96. The third-order valence-corrected chi connectivity index (χ3v) is 6.23. The Morgan fingerprint density at radius 1 is 1.15 bits per heavy atom. The number of nitrogens with one attached hydrogen (secondary N) is 1. The SMILES string of the molecule is COc1cc(/C=C/C(=O)N2CCc3nc(NC(=O)c4cc(C)on4)sc3C2)cc(OC)c1OC. The minimum atomic E-state index is -0.385. The molecule has 178 valence electrons. The van der Waals surface area contributed by atoms with Gasteiger partial charge in [0.2, 0.25) is 11.7 Å². The van der Waals surface area contributed by atoms with Crippen LogP contribution in [0.3, 0.4) is 0 Å². The van der Waals surface area contributed by atoms with E-state index in [0.717, 1.165) is 16.1 Å². The van der Waals surface area contributed by atoms with Crippen molar-refractivity contribution in [3.63, 3.8) is 0 Å². The fourth-order valence-corrected chi connectivity index (χ4v) is 4.56. The summed E-state index contributed by atoms with van der Waals surface area (Å²) >= 11 is 1.35. The fourth-order valence-electron chi connectivity index (χ4n) is 3.54. The van der Waals surface area contributed by atoms with Gasteiger partial charge in [0.25, 0.3) is 5.91 Å². The molecule has 0 saturated carbocycles. The van der Waals surface area contributed by atoms with E-state index in [4.69, 9.17) is 18.7 Å². The monoisotopic (exact) mass is 484 g/mol. The minimum Gasteiger partial charge on any atom is -0.493 e. The standard InChI is InChI=1S/C23H24N4O6S/c1-13-9-16(26-33-13)22(29)25-23-24-15-7-8-27(12-19(15)34-23)20(28)6-5-14-10-17(30-2)21(32-4)18(11-14)31-3/h5-6,9-11H,7-8,12H2,1-4H3,(H,24,25,29)/b6-5+. The van der Waals surface area contributed by atoms with Crippen LogP contribution in [0.25, 0.3) is 6.08 Å². The van der Waals surface area contributed by atoms with Crippen molar-refractivity contribution in [1.82, 2.24) is 15.0 Å². The number of methoxy groups -OCH3 is 3. The number of benzene rings is 1. The Bertz CT molecular complexity index is 1220. The summed E-state index contributed by atoms with van der Waals surface area (Å²) in [5, 5.41) is 6.93. The molecule has 2 amide bonds. The van der Waals surface area contributed by atoms with Crippen LogP contribution < -0.4 is 19.5 Å². The molecule has 11 heteroatoms. The molecule has 1 aliphatic heterocycles. The highest BCUT2D eigenvalue weighted by molar-refractivity contribution is 7.15. The number of hydrogen-bond donors (Lipinski definition) is 1. The third-order valence-electron chi connectivity index (χ3n) is 5.23. The fraction of sp³-hybridized carbons (Fsp3) is 0.304. The molecule has 34 heavy (non-hydrogen) atoms. The van der Waals surface area contributed by atoms with Crippen molar-refractivity contribution in [2.24, 2.45) is 0 Å². The number of hydrogen-bond acceptors (Lipinski definition) is 9. The average Bonchev–Trinajstić information content (AvgIpc) is 3.46. The van der Waals surface area contributed by atoms with Crippen LogP contribution in [-0.2, 0) is 17.8 Å². The molecule has 3 aromatic rings. The zero-order valence-electron chi connectivity index (χ0n) is 19.2. The number of aromatic nitrogens is 2. The van der Waals surface area contributed by atoms with E-state index in [2.05, 4.69) is 15.5 Å². The number of thiazole rings is 1. The number of fused-ring (bicyclic) bond motifs is 1. The van der Waals surface area contributed by atoms with E-state index in [1.165, 1.54) is 24.5 Å². The highest BCUT2D eigenvalue weighted by atomic mass is 32.1. The minimum absolute atomic E-state index is 0.128. The van der Waals surface area contributed by atoms with Gasteiger partial charge in [-0.1, -0.05) is 16.5 Å². The van der Waals surface area contributed by atoms with Gasteiger partial charge in [-0.3, -0.25) is 14.9 Å². The molecule has 0 atom stereocenters. The summed E-state index contributed by atoms with van der Waals surface area (Å²) in [6.45, 7) is 2.67. The number of carbonyl (C=O) groups is 2. The first-order valence-electron chi connectivity index (χ1n) is 10.4. The van der Waals surface area contributed by atoms with E-state index in [1.54, 1.807) is 50.3 Å². The molecule has 1 aromatic carbocycles. The first-order valence-corrected chi connectivity index (χ1v) is 11.2. The molecule has 0 radical (unpaired) electrons. The van der Waals surface area contributed by atoms with Gasteiger partial charge in [0, 0.05) is 30.0 Å². The van der Waals surface area contributed by atoms with Crippen molar-refractivity contribution in [3.05, 3.63) is 51.9 Å². The van der Waals surface area contributed by atoms with Crippen LogP contribution >= 0.6 is 11.3 Å². The lowest BCUT2D eigenvalue weighted by Crippen LogP contribution is -2.34. The highest BCUT2D eigenvalue weighted by Crippen LogP contribution is 2.38. The Morgan fingerprint density at radius 2 is 1.88 bits per heavy atom. The van der Waals surface area contributed by atoms with Crippen molar-refractivity contribution >= 4 is 34.4 Å². The normalized spacial score (nSPS) is 13.0. The number of ether oxygens (including phenoxy) is 3. The predicted octanol–water partition coefficient (Wildman–Crippen LogP) is 3.32. The van der Waals surface area contributed by atoms with E-state index in [1.807, 2.05) is 0 Å². The topological polar surface area (TPSA) is 116 Å². The summed E-state index contributed by atoms with van der Waals surface area (Å²) in [7, 11) is 4.62. The number of anilines is 1. The van der Waals surface area contributed by atoms with Gasteiger partial charge in [-0.15, -0.1) is 0 Å². The van der Waals surface area contributed by atoms with E-state index in [0.29, 0.717) is 47.7 Å². The Labute approximate surface area is 200 Å². The largest absolute Gasteiger partial charge is 0.493 e. The second-order valence-electron chi connectivity index (χ2n) is 7.47. The van der Waals surface area contributed by atoms with Gasteiger partial charge in [-0.25, -0.2) is 4.98 Å². The molecule has 0 saturated heterocycles. The van der Waals surface area contributed by atoms with Gasteiger partial charge in [-0.2, -0.15) is 0 Å². The van der Waals surface area contributed by atoms with Crippen molar-refractivity contribution in [2.45, 2.75) is 19.9 Å². The molecule has 3 heterocycles. The first kappa shape index (κ1) is 23.3. The van der Waals surface area contributed by atoms with Crippen LogP contribution in [0, 0.1) is 6.92 Å². The molecular weight excluding hydrogens is 460 g/mol. The summed E-state index contributed by atoms with van der Waals surface area (Å²) in [5.74, 6) is 1.55. The van der Waals surface area contributed by atoms with Gasteiger partial charge in [0.15, 0.2) is 22.3 Å². The van der Waals surface area contributed by atoms with Gasteiger partial charge in [0.1, 0.15) is 5.76 Å². The summed E-state index contributed by atoms with van der Waals surface area (Å²) in [4.78, 5) is 32.3. The lowest BCUT2D eigenvalue weighted by Gasteiger charge is -2.24. The Morgan fingerprint density at radius 3 is 2.50 bits per heavy atom. The van der Waals surface area contributed by atoms with Crippen LogP contribution in [-0.4, -0.2) is 54.7 Å². The Balaban J connectivity index is 1.43. The van der Waals surface area contributed by atoms with Gasteiger partial charge < -0.3 is 23.6 Å². The summed E-state index contributed by atoms with van der Waals surface area (Å²) in [5.41, 5.74) is 1.82. The van der Waals surface area contributed by atoms with Crippen molar-refractivity contribution in [2.75, 3.05) is 33.2 Å². The van der Waals surface area contributed by atoms with Gasteiger partial charge in [0.05, 0.1) is 33.6 Å². The summed E-state index contributed by atoms with van der Waals surface area (Å²) in [6.07, 6.45) is 3.83. The molecule has 1 aliphatic rings. The molecule has 0 fully saturated rings. The quantitative estimate of drug-likeness (QED) is 0.508. The zero-order valence-corrected chi connectivity index (χ0v) is 20.0. The maximum Gasteiger partial charge on any atom is 0.279 e. The molecule has 0 bridgehead atoms. The van der Waals surface area contributed by atoms with E-state index in [-0.39, 0.29) is 17.5 Å². The van der Waals surface area contributed by atoms with Crippen molar-refractivity contribution < 1.29 is 28.3 Å². The average molecular weight is 485 g/mol. The lowest BCUT2D eigenvalue weighted by atomic mass is 10.1. The second-order valence-corrected chi connectivity index (χ2v) is 8.55. The van der Waals surface area contributed by atoms with Gasteiger partial charge in [-0.05, 0) is 30.7 Å².